The van der Waals surface area contributed by atoms with E-state index in [9.17, 15) is 13.2 Å². The topological polar surface area (TPSA) is 66.5 Å². The maximum Gasteiger partial charge on any atom is 0.240 e. The highest BCUT2D eigenvalue weighted by Crippen LogP contribution is 2.25. The molecule has 0 radical (unpaired) electrons. The molecule has 1 N–H and O–H groups in total. The van der Waals surface area contributed by atoms with Crippen LogP contribution < -0.4 is 9.62 Å². The van der Waals surface area contributed by atoms with E-state index in [2.05, 4.69) is 4.72 Å². The molecule has 128 valence electrons. The number of sulfonamides is 1. The predicted molar refractivity (Wildman–Crippen MR) is 95.8 cm³/mol. The van der Waals surface area contributed by atoms with Gasteiger partial charge in [0.15, 0.2) is 0 Å². The molecular weight excluding hydrogens is 348 g/mol. The molecule has 0 aliphatic carbocycles. The van der Waals surface area contributed by atoms with E-state index in [4.69, 9.17) is 11.6 Å². The van der Waals surface area contributed by atoms with Gasteiger partial charge in [-0.2, -0.15) is 0 Å². The molecule has 0 spiro atoms. The number of amides is 1. The Labute approximate surface area is 147 Å². The number of para-hydroxylation sites is 1. The van der Waals surface area contributed by atoms with Crippen LogP contribution in [0.25, 0.3) is 0 Å². The second-order valence-corrected chi connectivity index (χ2v) is 7.51. The van der Waals surface area contributed by atoms with E-state index < -0.39 is 10.0 Å². The summed E-state index contributed by atoms with van der Waals surface area (Å²) < 4.78 is 27.0. The highest BCUT2D eigenvalue weighted by Gasteiger charge is 2.17. The molecule has 0 atom stereocenters. The van der Waals surface area contributed by atoms with Crippen molar-refractivity contribution in [3.63, 3.8) is 0 Å². The number of anilines is 1. The van der Waals surface area contributed by atoms with Crippen molar-refractivity contribution in [3.05, 3.63) is 59.1 Å². The van der Waals surface area contributed by atoms with Gasteiger partial charge in [-0.15, -0.1) is 0 Å². The standard InChI is InChI=1S/C17H19ClN2O3S/c1-13-7-9-15(10-8-13)24(22,23)19-11-12-20(14(2)21)17-6-4-3-5-16(17)18/h3-10,19H,11-12H2,1-2H3. The molecule has 2 aromatic carbocycles. The summed E-state index contributed by atoms with van der Waals surface area (Å²) in [5, 5.41) is 0.439. The molecule has 0 aliphatic rings. The molecule has 0 bridgehead atoms. The fourth-order valence-corrected chi connectivity index (χ4v) is 3.47. The molecule has 0 saturated heterocycles. The Bertz CT molecular complexity index is 820. The Balaban J connectivity index is 2.07. The Morgan fingerprint density at radius 3 is 2.33 bits per heavy atom. The summed E-state index contributed by atoms with van der Waals surface area (Å²) >= 11 is 6.11. The SMILES string of the molecule is CC(=O)N(CCNS(=O)(=O)c1ccc(C)cc1)c1ccccc1Cl. The van der Waals surface area contributed by atoms with Crippen LogP contribution in [0.5, 0.6) is 0 Å². The third kappa shape index (κ3) is 4.56. The highest BCUT2D eigenvalue weighted by atomic mass is 35.5. The molecule has 2 aromatic rings. The Hall–Kier alpha value is -1.89. The molecule has 1 amide bonds. The summed E-state index contributed by atoms with van der Waals surface area (Å²) in [7, 11) is -3.61. The Morgan fingerprint density at radius 1 is 1.12 bits per heavy atom. The van der Waals surface area contributed by atoms with E-state index in [1.54, 1.807) is 48.5 Å². The molecule has 0 heterocycles. The summed E-state index contributed by atoms with van der Waals surface area (Å²) in [4.78, 5) is 13.5. The summed E-state index contributed by atoms with van der Waals surface area (Å²) in [6.07, 6.45) is 0. The van der Waals surface area contributed by atoms with Crippen molar-refractivity contribution >= 4 is 33.2 Å². The van der Waals surface area contributed by atoms with E-state index in [1.807, 2.05) is 6.92 Å². The summed E-state index contributed by atoms with van der Waals surface area (Å²) in [6, 6.07) is 13.5. The first-order chi connectivity index (χ1) is 11.3. The number of aryl methyl sites for hydroxylation is 1. The van der Waals surface area contributed by atoms with Gasteiger partial charge in [0.1, 0.15) is 0 Å². The van der Waals surface area contributed by atoms with Gasteiger partial charge >= 0.3 is 0 Å². The molecular formula is C17H19ClN2O3S. The first-order valence-corrected chi connectivity index (χ1v) is 9.26. The zero-order chi connectivity index (χ0) is 17.7. The lowest BCUT2D eigenvalue weighted by Crippen LogP contribution is -2.37. The second kappa shape index (κ2) is 7.79. The van der Waals surface area contributed by atoms with Gasteiger partial charge < -0.3 is 4.90 Å². The van der Waals surface area contributed by atoms with Gasteiger partial charge in [0, 0.05) is 20.0 Å². The van der Waals surface area contributed by atoms with Crippen molar-refractivity contribution in [2.75, 3.05) is 18.0 Å². The van der Waals surface area contributed by atoms with E-state index >= 15 is 0 Å². The first kappa shape index (κ1) is 18.4. The molecule has 0 aromatic heterocycles. The molecule has 5 nitrogen and oxygen atoms in total. The zero-order valence-corrected chi connectivity index (χ0v) is 15.1. The minimum Gasteiger partial charge on any atom is -0.310 e. The van der Waals surface area contributed by atoms with E-state index in [0.29, 0.717) is 10.7 Å². The molecule has 0 fully saturated rings. The zero-order valence-electron chi connectivity index (χ0n) is 13.5. The Kier molecular flexibility index (Phi) is 5.99. The predicted octanol–water partition coefficient (Wildman–Crippen LogP) is 2.98. The molecule has 7 heteroatoms. The number of rotatable bonds is 6. The number of carbonyl (C=O) groups excluding carboxylic acids is 1. The van der Waals surface area contributed by atoms with Crippen LogP contribution in [0.1, 0.15) is 12.5 Å². The molecule has 24 heavy (non-hydrogen) atoms. The summed E-state index contributed by atoms with van der Waals surface area (Å²) in [5.41, 5.74) is 1.54. The number of carbonyl (C=O) groups is 1. The van der Waals surface area contributed by atoms with Crippen LogP contribution in [0.2, 0.25) is 5.02 Å². The van der Waals surface area contributed by atoms with Gasteiger partial charge in [0.2, 0.25) is 15.9 Å². The number of nitrogens with one attached hydrogen (secondary N) is 1. The maximum atomic E-state index is 12.3. The van der Waals surface area contributed by atoms with Crippen LogP contribution in [0, 0.1) is 6.92 Å². The van der Waals surface area contributed by atoms with E-state index in [0.717, 1.165) is 5.56 Å². The van der Waals surface area contributed by atoms with Crippen LogP contribution in [0.3, 0.4) is 0 Å². The van der Waals surface area contributed by atoms with Crippen molar-refractivity contribution in [1.82, 2.24) is 4.72 Å². The molecule has 0 unspecified atom stereocenters. The summed E-state index contributed by atoms with van der Waals surface area (Å²) in [6.45, 7) is 3.57. The molecule has 0 aliphatic heterocycles. The average molecular weight is 367 g/mol. The van der Waals surface area contributed by atoms with Crippen molar-refractivity contribution in [1.29, 1.82) is 0 Å². The number of nitrogens with zero attached hydrogens (tertiary/aromatic N) is 1. The van der Waals surface area contributed by atoms with E-state index in [-0.39, 0.29) is 23.9 Å². The third-order valence-electron chi connectivity index (χ3n) is 3.48. The summed E-state index contributed by atoms with van der Waals surface area (Å²) in [5.74, 6) is -0.211. The number of benzene rings is 2. The maximum absolute atomic E-state index is 12.3. The third-order valence-corrected chi connectivity index (χ3v) is 5.28. The largest absolute Gasteiger partial charge is 0.310 e. The average Bonchev–Trinajstić information content (AvgIpc) is 2.53. The Morgan fingerprint density at radius 2 is 1.75 bits per heavy atom. The van der Waals surface area contributed by atoms with Gasteiger partial charge in [-0.25, -0.2) is 13.1 Å². The fraction of sp³-hybridized carbons (Fsp3) is 0.235. The lowest BCUT2D eigenvalue weighted by Gasteiger charge is -2.22. The first-order valence-electron chi connectivity index (χ1n) is 7.40. The number of hydrogen-bond donors (Lipinski definition) is 1. The van der Waals surface area contributed by atoms with Gasteiger partial charge in [0.05, 0.1) is 15.6 Å². The monoisotopic (exact) mass is 366 g/mol. The lowest BCUT2D eigenvalue weighted by molar-refractivity contribution is -0.116. The van der Waals surface area contributed by atoms with Gasteiger partial charge in [-0.1, -0.05) is 41.4 Å². The second-order valence-electron chi connectivity index (χ2n) is 5.33. The number of hydrogen-bond acceptors (Lipinski definition) is 3. The van der Waals surface area contributed by atoms with Crippen LogP contribution in [0.4, 0.5) is 5.69 Å². The molecule has 2 rings (SSSR count). The van der Waals surface area contributed by atoms with Gasteiger partial charge in [0.25, 0.3) is 0 Å². The van der Waals surface area contributed by atoms with Crippen molar-refractivity contribution in [3.8, 4) is 0 Å². The van der Waals surface area contributed by atoms with Gasteiger partial charge in [-0.05, 0) is 31.2 Å². The van der Waals surface area contributed by atoms with Crippen molar-refractivity contribution in [2.45, 2.75) is 18.7 Å². The van der Waals surface area contributed by atoms with Crippen LogP contribution in [0.15, 0.2) is 53.4 Å². The van der Waals surface area contributed by atoms with Crippen molar-refractivity contribution in [2.24, 2.45) is 0 Å². The quantitative estimate of drug-likeness (QED) is 0.854. The van der Waals surface area contributed by atoms with Crippen LogP contribution in [-0.2, 0) is 14.8 Å². The van der Waals surface area contributed by atoms with Crippen LogP contribution >= 0.6 is 11.6 Å². The molecule has 0 saturated carbocycles. The van der Waals surface area contributed by atoms with Crippen LogP contribution in [-0.4, -0.2) is 27.4 Å². The fourth-order valence-electron chi connectivity index (χ4n) is 2.21. The smallest absolute Gasteiger partial charge is 0.240 e. The van der Waals surface area contributed by atoms with Gasteiger partial charge in [-0.3, -0.25) is 4.79 Å². The normalized spacial score (nSPS) is 11.3. The van der Waals surface area contributed by atoms with Crippen molar-refractivity contribution < 1.29 is 13.2 Å². The number of halogens is 1. The minimum absolute atomic E-state index is 0.0843. The van der Waals surface area contributed by atoms with E-state index in [1.165, 1.54) is 11.8 Å². The highest BCUT2D eigenvalue weighted by molar-refractivity contribution is 7.89. The lowest BCUT2D eigenvalue weighted by atomic mass is 10.2. The minimum atomic E-state index is -3.61.